The van der Waals surface area contributed by atoms with Crippen molar-refractivity contribution < 1.29 is 94.2 Å². The van der Waals surface area contributed by atoms with Gasteiger partial charge in [-0.2, -0.15) is 0 Å². The molecule has 3 heterocycles. The van der Waals surface area contributed by atoms with E-state index in [4.69, 9.17) is 33.5 Å². The van der Waals surface area contributed by atoms with Crippen molar-refractivity contribution in [3.05, 3.63) is 0 Å². The fourth-order valence-corrected chi connectivity index (χ4v) is 5.47. The van der Waals surface area contributed by atoms with Crippen LogP contribution in [0.1, 0.15) is 46.0 Å². The van der Waals surface area contributed by atoms with Gasteiger partial charge >= 0.3 is 0 Å². The number of hydrogen-bond donors (Lipinski definition) is 13. The Balaban J connectivity index is 0.00000121. The average molecular weight is 763 g/mol. The first-order valence-electron chi connectivity index (χ1n) is 17.3. The summed E-state index contributed by atoms with van der Waals surface area (Å²) in [6.07, 6.45) is -20.4. The highest BCUT2D eigenvalue weighted by Gasteiger charge is 2.52. The van der Waals surface area contributed by atoms with Crippen LogP contribution in [0.2, 0.25) is 0 Å². The van der Waals surface area contributed by atoms with Gasteiger partial charge in [-0.05, 0) is 6.42 Å². The number of rotatable bonds is 18. The van der Waals surface area contributed by atoms with Crippen LogP contribution in [-0.4, -0.2) is 206 Å². The fourth-order valence-electron chi connectivity index (χ4n) is 5.47. The highest BCUT2D eigenvalue weighted by Crippen LogP contribution is 2.31. The molecule has 15 atom stereocenters. The predicted molar refractivity (Wildman–Crippen MR) is 173 cm³/mol. The van der Waals surface area contributed by atoms with E-state index in [-0.39, 0.29) is 31.6 Å². The van der Waals surface area contributed by atoms with Crippen LogP contribution in [0.4, 0.5) is 0 Å². The zero-order chi connectivity index (χ0) is 39.0. The van der Waals surface area contributed by atoms with Gasteiger partial charge in [-0.1, -0.05) is 26.2 Å². The second-order valence-electron chi connectivity index (χ2n) is 12.6. The quantitative estimate of drug-likeness (QED) is 0.0578. The minimum Gasteiger partial charge on any atom is -0.395 e. The third kappa shape index (κ3) is 13.8. The van der Waals surface area contributed by atoms with Gasteiger partial charge in [-0.3, -0.25) is 9.59 Å². The molecule has 21 nitrogen and oxygen atoms in total. The van der Waals surface area contributed by atoms with Gasteiger partial charge < -0.3 is 95.2 Å². The summed E-state index contributed by atoms with van der Waals surface area (Å²) < 4.78 is 33.1. The molecule has 0 bridgehead atoms. The van der Waals surface area contributed by atoms with E-state index in [2.05, 4.69) is 17.6 Å². The van der Waals surface area contributed by atoms with Gasteiger partial charge in [0.1, 0.15) is 73.2 Å². The largest absolute Gasteiger partial charge is 0.395 e. The number of hydrogen-bond acceptors (Lipinski definition) is 19. The van der Waals surface area contributed by atoms with Crippen LogP contribution in [0, 0.1) is 0 Å². The molecular formula is C31H58N2O19. The normalized spacial score (nSPS) is 37.8. The lowest BCUT2D eigenvalue weighted by Crippen LogP contribution is -2.65. The Morgan fingerprint density at radius 1 is 0.615 bits per heavy atom. The number of amides is 2. The van der Waals surface area contributed by atoms with Crippen molar-refractivity contribution in [2.24, 2.45) is 0 Å². The molecule has 3 aliphatic heterocycles. The molecule has 21 heteroatoms. The number of ether oxygens (including phenoxy) is 6. The van der Waals surface area contributed by atoms with E-state index in [1.807, 2.05) is 0 Å². The van der Waals surface area contributed by atoms with Crippen molar-refractivity contribution >= 4 is 11.8 Å². The molecule has 0 aliphatic carbocycles. The lowest BCUT2D eigenvalue weighted by molar-refractivity contribution is -0.366. The molecule has 0 radical (unpaired) electrons. The first kappa shape index (κ1) is 46.4. The maximum Gasteiger partial charge on any atom is 0.220 e. The van der Waals surface area contributed by atoms with Crippen LogP contribution in [0.15, 0.2) is 0 Å². The number of aliphatic hydroxyl groups is 11. The highest BCUT2D eigenvalue weighted by atomic mass is 16.7. The van der Waals surface area contributed by atoms with Gasteiger partial charge in [-0.25, -0.2) is 0 Å². The maximum absolute atomic E-state index is 12.1. The van der Waals surface area contributed by atoms with E-state index in [0.29, 0.717) is 13.0 Å². The summed E-state index contributed by atoms with van der Waals surface area (Å²) in [7, 11) is 0. The number of unbranched alkanes of at least 4 members (excludes halogenated alkanes) is 3. The summed E-state index contributed by atoms with van der Waals surface area (Å²) >= 11 is 0. The fraction of sp³-hybridized carbons (Fsp3) is 0.935. The standard InChI is InChI=1S/C27H49NO17.C4H9NO2/c1-2-3-4-5-6-15(31)28-7-8-40-26-23(39)24(45-27-22(38)20(36)17(33)13(10-30)43-27)18(34)14(44-26)11-41-25-21(37)19(35)16(32)12(9-29)42-25;1-4(7)5-2-3-6/h12-14,16-27,29-30,32-39H,2-11H2,1H3,(H,28,31);6H,2-3H2,1H3,(H,5,7)/t12?,13?,14?,16-,17-,18-,19?,20?,21?,22?,23?,24?,25+,26+,27-;/m1./s1. The molecule has 3 saturated heterocycles. The topological polar surface area (TPSA) is 336 Å². The third-order valence-corrected chi connectivity index (χ3v) is 8.50. The number of carbonyl (C=O) groups excluding carboxylic acids is 2. The SMILES string of the molecule is CC(=O)NCCO.CCCCCCC(=O)NCCO[C@H]1OC(CO[C@H]2OC(CO)[C@@H](O)C(O)C2O)[C@@H](O)C(O[C@H]2OC(CO)[C@@H](O)C(O)C2O)C1O. The summed E-state index contributed by atoms with van der Waals surface area (Å²) in [5.74, 6) is -0.293. The van der Waals surface area contributed by atoms with Crippen molar-refractivity contribution in [2.75, 3.05) is 46.1 Å². The minimum absolute atomic E-state index is 0.0135. The molecule has 9 unspecified atom stereocenters. The molecule has 0 aromatic heterocycles. The van der Waals surface area contributed by atoms with E-state index in [9.17, 15) is 60.7 Å². The van der Waals surface area contributed by atoms with Crippen LogP contribution in [0.25, 0.3) is 0 Å². The molecule has 2 amide bonds. The molecule has 0 spiro atoms. The van der Waals surface area contributed by atoms with Crippen LogP contribution < -0.4 is 10.6 Å². The van der Waals surface area contributed by atoms with E-state index in [0.717, 1.165) is 25.7 Å². The van der Waals surface area contributed by atoms with Crippen molar-refractivity contribution in [1.29, 1.82) is 0 Å². The van der Waals surface area contributed by atoms with Crippen LogP contribution in [0.3, 0.4) is 0 Å². The summed E-state index contributed by atoms with van der Waals surface area (Å²) in [6, 6.07) is 0. The van der Waals surface area contributed by atoms with E-state index in [1.165, 1.54) is 6.92 Å². The van der Waals surface area contributed by atoms with Gasteiger partial charge in [0.25, 0.3) is 0 Å². The Morgan fingerprint density at radius 2 is 1.17 bits per heavy atom. The second-order valence-corrected chi connectivity index (χ2v) is 12.6. The predicted octanol–water partition coefficient (Wildman–Crippen LogP) is -6.35. The van der Waals surface area contributed by atoms with Crippen molar-refractivity contribution in [3.63, 3.8) is 0 Å². The Morgan fingerprint density at radius 3 is 1.71 bits per heavy atom. The zero-order valence-corrected chi connectivity index (χ0v) is 29.3. The van der Waals surface area contributed by atoms with E-state index in [1.54, 1.807) is 0 Å². The van der Waals surface area contributed by atoms with E-state index < -0.39 is 112 Å². The lowest BCUT2D eigenvalue weighted by Gasteiger charge is -2.46. The summed E-state index contributed by atoms with van der Waals surface area (Å²) in [5, 5.41) is 115. The maximum atomic E-state index is 12.1. The Labute approximate surface area is 301 Å². The number of nitrogens with one attached hydrogen (secondary N) is 2. The molecular weight excluding hydrogens is 704 g/mol. The van der Waals surface area contributed by atoms with Crippen molar-refractivity contribution in [1.82, 2.24) is 10.6 Å². The molecule has 3 aliphatic rings. The van der Waals surface area contributed by atoms with E-state index >= 15 is 0 Å². The molecule has 3 rings (SSSR count). The Bertz CT molecular complexity index is 1010. The van der Waals surface area contributed by atoms with Gasteiger partial charge in [0.2, 0.25) is 11.8 Å². The van der Waals surface area contributed by atoms with Crippen LogP contribution in [-0.2, 0) is 38.0 Å². The molecule has 306 valence electrons. The van der Waals surface area contributed by atoms with Crippen molar-refractivity contribution in [2.45, 2.75) is 138 Å². The van der Waals surface area contributed by atoms with Gasteiger partial charge in [-0.15, -0.1) is 0 Å². The minimum atomic E-state index is -1.86. The first-order chi connectivity index (χ1) is 24.7. The van der Waals surface area contributed by atoms with Crippen LogP contribution >= 0.6 is 0 Å². The molecule has 3 fully saturated rings. The molecule has 13 N–H and O–H groups in total. The lowest BCUT2D eigenvalue weighted by atomic mass is 9.96. The molecule has 0 aromatic rings. The monoisotopic (exact) mass is 762 g/mol. The summed E-state index contributed by atoms with van der Waals surface area (Å²) in [4.78, 5) is 22.1. The molecule has 0 saturated carbocycles. The molecule has 52 heavy (non-hydrogen) atoms. The van der Waals surface area contributed by atoms with Crippen LogP contribution in [0.5, 0.6) is 0 Å². The number of aliphatic hydroxyl groups excluding tert-OH is 11. The van der Waals surface area contributed by atoms with Crippen molar-refractivity contribution in [3.8, 4) is 0 Å². The second kappa shape index (κ2) is 23.9. The molecule has 0 aromatic carbocycles. The first-order valence-corrected chi connectivity index (χ1v) is 17.3. The smallest absolute Gasteiger partial charge is 0.220 e. The van der Waals surface area contributed by atoms with Gasteiger partial charge in [0.15, 0.2) is 18.9 Å². The zero-order valence-electron chi connectivity index (χ0n) is 29.3. The summed E-state index contributed by atoms with van der Waals surface area (Å²) in [5.41, 5.74) is 0. The number of carbonyl (C=O) groups is 2. The average Bonchev–Trinajstić information content (AvgIpc) is 3.12. The summed E-state index contributed by atoms with van der Waals surface area (Å²) in [6.45, 7) is 1.69. The Hall–Kier alpha value is -1.74. The van der Waals surface area contributed by atoms with Gasteiger partial charge in [0.05, 0.1) is 33.0 Å². The third-order valence-electron chi connectivity index (χ3n) is 8.50. The Kier molecular flexibility index (Phi) is 21.3. The highest BCUT2D eigenvalue weighted by molar-refractivity contribution is 5.75. The van der Waals surface area contributed by atoms with Gasteiger partial charge in [0, 0.05) is 26.4 Å².